The standard InChI is InChI=1S/C13H19N3S2/c1-10(2)9-12-14-13(18-15-12)16(3)7-6-11-5-4-8-17-11/h4-5,8,10H,6-7,9H2,1-3H3. The number of nitrogens with zero attached hydrogens (tertiary/aromatic N) is 3. The lowest BCUT2D eigenvalue weighted by Gasteiger charge is -2.13. The predicted octanol–water partition coefficient (Wildman–Crippen LogP) is 3.48. The molecule has 0 radical (unpaired) electrons. The molecule has 0 aromatic carbocycles. The Morgan fingerprint density at radius 2 is 2.22 bits per heavy atom. The van der Waals surface area contributed by atoms with E-state index in [4.69, 9.17) is 0 Å². The Labute approximate surface area is 117 Å². The van der Waals surface area contributed by atoms with E-state index in [9.17, 15) is 0 Å². The molecule has 0 bridgehead atoms. The smallest absolute Gasteiger partial charge is 0.204 e. The summed E-state index contributed by atoms with van der Waals surface area (Å²) in [5, 5.41) is 3.16. The monoisotopic (exact) mass is 281 g/mol. The van der Waals surface area contributed by atoms with Crippen LogP contribution in [0.2, 0.25) is 0 Å². The molecule has 0 spiro atoms. The van der Waals surface area contributed by atoms with E-state index in [-0.39, 0.29) is 0 Å². The third-order valence-corrected chi connectivity index (χ3v) is 4.45. The number of rotatable bonds is 6. The molecule has 0 saturated heterocycles. The van der Waals surface area contributed by atoms with Crippen molar-refractivity contribution in [2.24, 2.45) is 5.92 Å². The molecule has 0 saturated carbocycles. The van der Waals surface area contributed by atoms with E-state index in [0.717, 1.165) is 30.3 Å². The quantitative estimate of drug-likeness (QED) is 0.812. The largest absolute Gasteiger partial charge is 0.350 e. The van der Waals surface area contributed by atoms with E-state index in [2.05, 4.69) is 52.7 Å². The van der Waals surface area contributed by atoms with Gasteiger partial charge < -0.3 is 4.90 Å². The van der Waals surface area contributed by atoms with E-state index >= 15 is 0 Å². The fourth-order valence-electron chi connectivity index (χ4n) is 1.68. The molecule has 0 aliphatic carbocycles. The molecule has 0 atom stereocenters. The Balaban J connectivity index is 1.88. The van der Waals surface area contributed by atoms with Gasteiger partial charge in [-0.2, -0.15) is 4.37 Å². The van der Waals surface area contributed by atoms with Gasteiger partial charge in [0, 0.05) is 36.4 Å². The highest BCUT2D eigenvalue weighted by molar-refractivity contribution is 7.10. The Hall–Kier alpha value is -0.940. The van der Waals surface area contributed by atoms with Gasteiger partial charge in [0.05, 0.1) is 0 Å². The molecule has 0 fully saturated rings. The maximum Gasteiger partial charge on any atom is 0.204 e. The average Bonchev–Trinajstić information content (AvgIpc) is 2.95. The number of anilines is 1. The van der Waals surface area contributed by atoms with Gasteiger partial charge in [-0.15, -0.1) is 11.3 Å². The van der Waals surface area contributed by atoms with Crippen LogP contribution in [-0.4, -0.2) is 22.9 Å². The first kappa shape index (κ1) is 13.5. The fourth-order valence-corrected chi connectivity index (χ4v) is 3.05. The minimum atomic E-state index is 0.615. The number of aromatic nitrogens is 2. The summed E-state index contributed by atoms with van der Waals surface area (Å²) < 4.78 is 4.41. The number of thiophene rings is 1. The molecule has 0 unspecified atom stereocenters. The lowest BCUT2D eigenvalue weighted by atomic mass is 10.1. The van der Waals surface area contributed by atoms with Gasteiger partial charge in [-0.25, -0.2) is 4.98 Å². The highest BCUT2D eigenvalue weighted by Crippen LogP contribution is 2.18. The van der Waals surface area contributed by atoms with Crippen molar-refractivity contribution in [3.8, 4) is 0 Å². The van der Waals surface area contributed by atoms with Crippen molar-refractivity contribution in [1.82, 2.24) is 9.36 Å². The maximum absolute atomic E-state index is 4.59. The summed E-state index contributed by atoms with van der Waals surface area (Å²) in [5.41, 5.74) is 0. The van der Waals surface area contributed by atoms with Gasteiger partial charge in [-0.05, 0) is 23.8 Å². The summed E-state index contributed by atoms with van der Waals surface area (Å²) in [4.78, 5) is 8.21. The van der Waals surface area contributed by atoms with E-state index in [1.165, 1.54) is 16.4 Å². The molecule has 18 heavy (non-hydrogen) atoms. The second kappa shape index (κ2) is 6.29. The molecule has 2 heterocycles. The predicted molar refractivity (Wildman–Crippen MR) is 79.7 cm³/mol. The zero-order chi connectivity index (χ0) is 13.0. The third-order valence-electron chi connectivity index (χ3n) is 2.65. The zero-order valence-electron chi connectivity index (χ0n) is 11.1. The molecule has 5 heteroatoms. The molecular weight excluding hydrogens is 262 g/mol. The summed E-state index contributed by atoms with van der Waals surface area (Å²) in [6.07, 6.45) is 2.04. The molecule has 0 aliphatic rings. The third kappa shape index (κ3) is 3.78. The Morgan fingerprint density at radius 1 is 1.39 bits per heavy atom. The van der Waals surface area contributed by atoms with Crippen LogP contribution in [0.5, 0.6) is 0 Å². The summed E-state index contributed by atoms with van der Waals surface area (Å²) >= 11 is 3.32. The lowest BCUT2D eigenvalue weighted by Crippen LogP contribution is -2.19. The van der Waals surface area contributed by atoms with Crippen LogP contribution >= 0.6 is 22.9 Å². The van der Waals surface area contributed by atoms with Crippen molar-refractivity contribution in [1.29, 1.82) is 0 Å². The summed E-state index contributed by atoms with van der Waals surface area (Å²) in [6.45, 7) is 5.39. The van der Waals surface area contributed by atoms with E-state index < -0.39 is 0 Å². The molecule has 0 aliphatic heterocycles. The number of hydrogen-bond acceptors (Lipinski definition) is 5. The molecule has 3 nitrogen and oxygen atoms in total. The normalized spacial score (nSPS) is 11.1. The molecule has 0 N–H and O–H groups in total. The van der Waals surface area contributed by atoms with Crippen LogP contribution in [0.25, 0.3) is 0 Å². The first-order valence-electron chi connectivity index (χ1n) is 6.21. The maximum atomic E-state index is 4.59. The van der Waals surface area contributed by atoms with Crippen LogP contribution in [0.15, 0.2) is 17.5 Å². The molecule has 98 valence electrons. The Morgan fingerprint density at radius 3 is 2.89 bits per heavy atom. The van der Waals surface area contributed by atoms with E-state index in [1.54, 1.807) is 0 Å². The van der Waals surface area contributed by atoms with Crippen LogP contribution in [0.1, 0.15) is 24.5 Å². The van der Waals surface area contributed by atoms with E-state index in [1.807, 2.05) is 11.3 Å². The van der Waals surface area contributed by atoms with Crippen LogP contribution in [-0.2, 0) is 12.8 Å². The molecule has 2 aromatic rings. The summed E-state index contributed by atoms with van der Waals surface area (Å²) in [6, 6.07) is 4.29. The molecule has 2 aromatic heterocycles. The highest BCUT2D eigenvalue weighted by atomic mass is 32.1. The van der Waals surface area contributed by atoms with Gasteiger partial charge in [0.2, 0.25) is 5.13 Å². The van der Waals surface area contributed by atoms with Crippen molar-refractivity contribution in [3.63, 3.8) is 0 Å². The average molecular weight is 281 g/mol. The van der Waals surface area contributed by atoms with Gasteiger partial charge in [0.15, 0.2) is 0 Å². The van der Waals surface area contributed by atoms with Gasteiger partial charge in [-0.1, -0.05) is 19.9 Å². The Bertz CT molecular complexity index is 462. The van der Waals surface area contributed by atoms with Crippen LogP contribution < -0.4 is 4.90 Å². The first-order chi connectivity index (χ1) is 8.65. The van der Waals surface area contributed by atoms with Crippen LogP contribution in [0.3, 0.4) is 0 Å². The van der Waals surface area contributed by atoms with Gasteiger partial charge in [0.25, 0.3) is 0 Å². The van der Waals surface area contributed by atoms with Crippen molar-refractivity contribution in [3.05, 3.63) is 28.2 Å². The highest BCUT2D eigenvalue weighted by Gasteiger charge is 2.10. The SMILES string of the molecule is CC(C)Cc1nsc(N(C)CCc2cccs2)n1. The van der Waals surface area contributed by atoms with Crippen LogP contribution in [0.4, 0.5) is 5.13 Å². The van der Waals surface area contributed by atoms with Crippen molar-refractivity contribution >= 4 is 28.0 Å². The first-order valence-corrected chi connectivity index (χ1v) is 7.86. The Kier molecular flexibility index (Phi) is 4.72. The molecule has 0 amide bonds. The number of likely N-dealkylation sites (N-methyl/N-ethyl adjacent to an activating group) is 1. The fraction of sp³-hybridized carbons (Fsp3) is 0.538. The minimum Gasteiger partial charge on any atom is -0.350 e. The molecule has 2 rings (SSSR count). The van der Waals surface area contributed by atoms with Crippen molar-refractivity contribution in [2.45, 2.75) is 26.7 Å². The summed E-state index contributed by atoms with van der Waals surface area (Å²) in [5.74, 6) is 1.59. The zero-order valence-corrected chi connectivity index (χ0v) is 12.7. The van der Waals surface area contributed by atoms with Gasteiger partial charge in [-0.3, -0.25) is 0 Å². The van der Waals surface area contributed by atoms with Crippen molar-refractivity contribution < 1.29 is 0 Å². The topological polar surface area (TPSA) is 29.0 Å². The van der Waals surface area contributed by atoms with Gasteiger partial charge >= 0.3 is 0 Å². The second-order valence-electron chi connectivity index (χ2n) is 4.84. The van der Waals surface area contributed by atoms with Crippen molar-refractivity contribution in [2.75, 3.05) is 18.5 Å². The van der Waals surface area contributed by atoms with Crippen LogP contribution in [0, 0.1) is 5.92 Å². The minimum absolute atomic E-state index is 0.615. The second-order valence-corrected chi connectivity index (χ2v) is 6.60. The number of hydrogen-bond donors (Lipinski definition) is 0. The van der Waals surface area contributed by atoms with Gasteiger partial charge in [0.1, 0.15) is 5.82 Å². The lowest BCUT2D eigenvalue weighted by molar-refractivity contribution is 0.627. The summed E-state index contributed by atoms with van der Waals surface area (Å²) in [7, 11) is 2.09. The molecular formula is C13H19N3S2. The van der Waals surface area contributed by atoms with E-state index in [0.29, 0.717) is 5.92 Å².